The second kappa shape index (κ2) is 5.50. The summed E-state index contributed by atoms with van der Waals surface area (Å²) < 4.78 is 0. The highest BCUT2D eigenvalue weighted by Crippen LogP contribution is 2.25. The molecule has 0 spiro atoms. The van der Waals surface area contributed by atoms with E-state index in [1.54, 1.807) is 0 Å². The largest absolute Gasteiger partial charge is 0.354 e. The molecule has 0 radical (unpaired) electrons. The van der Waals surface area contributed by atoms with Crippen molar-refractivity contribution in [1.29, 1.82) is 0 Å². The van der Waals surface area contributed by atoms with Crippen LogP contribution in [0, 0.1) is 0 Å². The van der Waals surface area contributed by atoms with E-state index in [0.29, 0.717) is 11.7 Å². The van der Waals surface area contributed by atoms with Gasteiger partial charge in [0.2, 0.25) is 5.91 Å². The van der Waals surface area contributed by atoms with Crippen LogP contribution in [0.2, 0.25) is 0 Å². The summed E-state index contributed by atoms with van der Waals surface area (Å²) in [7, 11) is 0. The predicted molar refractivity (Wildman–Crippen MR) is 56.8 cm³/mol. The Balaban J connectivity index is 2.13. The number of rotatable bonds is 4. The zero-order valence-electron chi connectivity index (χ0n) is 8.08. The lowest BCUT2D eigenvalue weighted by atomic mass is 10.2. The van der Waals surface area contributed by atoms with E-state index >= 15 is 0 Å². The van der Waals surface area contributed by atoms with Crippen molar-refractivity contribution in [2.45, 2.75) is 37.5 Å². The summed E-state index contributed by atoms with van der Waals surface area (Å²) in [6, 6.07) is -0.327. The predicted octanol–water partition coefficient (Wildman–Crippen LogP) is 0.735. The molecule has 0 aromatic rings. The molecule has 1 saturated heterocycles. The van der Waals surface area contributed by atoms with Crippen molar-refractivity contribution in [3.8, 4) is 0 Å². The minimum Gasteiger partial charge on any atom is -0.354 e. The maximum absolute atomic E-state index is 11.3. The zero-order chi connectivity index (χ0) is 9.68. The first kappa shape index (κ1) is 10.9. The van der Waals surface area contributed by atoms with E-state index in [1.807, 2.05) is 18.7 Å². The lowest BCUT2D eigenvalue weighted by Crippen LogP contribution is -2.42. The Morgan fingerprint density at radius 3 is 3.08 bits per heavy atom. The summed E-state index contributed by atoms with van der Waals surface area (Å²) >= 11 is 1.95. The molecule has 2 atom stereocenters. The number of carbonyl (C=O) groups excluding carboxylic acids is 1. The van der Waals surface area contributed by atoms with Gasteiger partial charge in [-0.05, 0) is 25.0 Å². The number of amides is 1. The fourth-order valence-electron chi connectivity index (χ4n) is 1.34. The first-order valence-electron chi connectivity index (χ1n) is 4.89. The van der Waals surface area contributed by atoms with E-state index in [0.717, 1.165) is 6.54 Å². The Kier molecular flexibility index (Phi) is 4.59. The van der Waals surface area contributed by atoms with Crippen molar-refractivity contribution in [3.63, 3.8) is 0 Å². The normalized spacial score (nSPS) is 24.3. The molecule has 0 aromatic carbocycles. The summed E-state index contributed by atoms with van der Waals surface area (Å²) in [4.78, 5) is 11.3. The van der Waals surface area contributed by atoms with Crippen LogP contribution < -0.4 is 11.1 Å². The van der Waals surface area contributed by atoms with E-state index < -0.39 is 0 Å². The molecule has 1 unspecified atom stereocenters. The fraction of sp³-hybridized carbons (Fsp3) is 0.889. The van der Waals surface area contributed by atoms with Gasteiger partial charge in [-0.2, -0.15) is 11.8 Å². The number of nitrogens with one attached hydrogen (secondary N) is 1. The number of hydrogen-bond acceptors (Lipinski definition) is 3. The molecule has 1 aliphatic heterocycles. The zero-order valence-corrected chi connectivity index (χ0v) is 8.90. The molecule has 1 rings (SSSR count). The molecule has 3 N–H and O–H groups in total. The molecule has 3 nitrogen and oxygen atoms in total. The Bertz CT molecular complexity index is 169. The summed E-state index contributed by atoms with van der Waals surface area (Å²) in [5, 5.41) is 3.51. The SMILES string of the molecule is CC[C@H](N)C(=O)NCC1CCCS1. The number of thioether (sulfide) groups is 1. The quantitative estimate of drug-likeness (QED) is 0.707. The van der Waals surface area contributed by atoms with Gasteiger partial charge in [-0.25, -0.2) is 0 Å². The first-order valence-corrected chi connectivity index (χ1v) is 5.93. The number of carbonyl (C=O) groups is 1. The molecule has 1 aliphatic rings. The van der Waals surface area contributed by atoms with Gasteiger partial charge in [0.05, 0.1) is 6.04 Å². The van der Waals surface area contributed by atoms with Gasteiger partial charge in [-0.3, -0.25) is 4.79 Å². The number of nitrogens with two attached hydrogens (primary N) is 1. The second-order valence-electron chi connectivity index (χ2n) is 3.39. The second-order valence-corrected chi connectivity index (χ2v) is 4.80. The topological polar surface area (TPSA) is 55.1 Å². The third-order valence-corrected chi connectivity index (χ3v) is 3.70. The molecule has 0 aliphatic carbocycles. The maximum Gasteiger partial charge on any atom is 0.236 e. The highest BCUT2D eigenvalue weighted by atomic mass is 32.2. The molecule has 1 heterocycles. The van der Waals surface area contributed by atoms with Gasteiger partial charge in [-0.15, -0.1) is 0 Å². The van der Waals surface area contributed by atoms with Gasteiger partial charge >= 0.3 is 0 Å². The highest BCUT2D eigenvalue weighted by Gasteiger charge is 2.17. The average Bonchev–Trinajstić information content (AvgIpc) is 2.65. The molecule has 4 heteroatoms. The van der Waals surface area contributed by atoms with Gasteiger partial charge < -0.3 is 11.1 Å². The molecule has 1 amide bonds. The van der Waals surface area contributed by atoms with Crippen molar-refractivity contribution in [3.05, 3.63) is 0 Å². The maximum atomic E-state index is 11.3. The third kappa shape index (κ3) is 3.56. The van der Waals surface area contributed by atoms with E-state index in [9.17, 15) is 4.79 Å². The van der Waals surface area contributed by atoms with Crippen molar-refractivity contribution in [1.82, 2.24) is 5.32 Å². The molecule has 0 aromatic heterocycles. The van der Waals surface area contributed by atoms with E-state index in [2.05, 4.69) is 5.32 Å². The smallest absolute Gasteiger partial charge is 0.236 e. The molecular weight excluding hydrogens is 184 g/mol. The molecule has 0 saturated carbocycles. The van der Waals surface area contributed by atoms with Crippen LogP contribution in [0.3, 0.4) is 0 Å². The summed E-state index contributed by atoms with van der Waals surface area (Å²) in [5.74, 6) is 1.23. The van der Waals surface area contributed by atoms with E-state index in [1.165, 1.54) is 18.6 Å². The average molecular weight is 202 g/mol. The number of hydrogen-bond donors (Lipinski definition) is 2. The van der Waals surface area contributed by atoms with Crippen LogP contribution in [0.4, 0.5) is 0 Å². The van der Waals surface area contributed by atoms with Gasteiger partial charge in [-0.1, -0.05) is 6.92 Å². The third-order valence-electron chi connectivity index (χ3n) is 2.30. The monoisotopic (exact) mass is 202 g/mol. The van der Waals surface area contributed by atoms with Crippen LogP contribution in [-0.4, -0.2) is 29.5 Å². The van der Waals surface area contributed by atoms with Gasteiger partial charge in [0.15, 0.2) is 0 Å². The first-order chi connectivity index (χ1) is 6.24. The van der Waals surface area contributed by atoms with Crippen molar-refractivity contribution in [2.24, 2.45) is 5.73 Å². The van der Waals surface area contributed by atoms with Crippen molar-refractivity contribution in [2.75, 3.05) is 12.3 Å². The highest BCUT2D eigenvalue weighted by molar-refractivity contribution is 8.00. The Hall–Kier alpha value is -0.220. The van der Waals surface area contributed by atoms with Gasteiger partial charge in [0.25, 0.3) is 0 Å². The van der Waals surface area contributed by atoms with Crippen LogP contribution in [-0.2, 0) is 4.79 Å². The molecule has 13 heavy (non-hydrogen) atoms. The lowest BCUT2D eigenvalue weighted by Gasteiger charge is -2.13. The standard InChI is InChI=1S/C9H18N2OS/c1-2-8(10)9(12)11-6-7-4-3-5-13-7/h7-8H,2-6,10H2,1H3,(H,11,12)/t7?,8-/m0/s1. The lowest BCUT2D eigenvalue weighted by molar-refractivity contribution is -0.122. The van der Waals surface area contributed by atoms with E-state index in [-0.39, 0.29) is 11.9 Å². The van der Waals surface area contributed by atoms with Gasteiger partial charge in [0.1, 0.15) is 0 Å². The van der Waals surface area contributed by atoms with Crippen LogP contribution in [0.25, 0.3) is 0 Å². The summed E-state index contributed by atoms with van der Waals surface area (Å²) in [6.45, 7) is 2.71. The minimum absolute atomic E-state index is 0.00463. The van der Waals surface area contributed by atoms with Crippen LogP contribution >= 0.6 is 11.8 Å². The Labute approximate surface area is 83.8 Å². The summed E-state index contributed by atoms with van der Waals surface area (Å²) in [5.41, 5.74) is 5.58. The molecule has 0 bridgehead atoms. The van der Waals surface area contributed by atoms with Crippen LogP contribution in [0.1, 0.15) is 26.2 Å². The molecule has 76 valence electrons. The molecular formula is C9H18N2OS. The fourth-order valence-corrected chi connectivity index (χ4v) is 2.54. The summed E-state index contributed by atoms with van der Waals surface area (Å²) in [6.07, 6.45) is 3.22. The Morgan fingerprint density at radius 1 is 1.77 bits per heavy atom. The minimum atomic E-state index is -0.327. The van der Waals surface area contributed by atoms with Crippen LogP contribution in [0.5, 0.6) is 0 Å². The Morgan fingerprint density at radius 2 is 2.54 bits per heavy atom. The van der Waals surface area contributed by atoms with Crippen LogP contribution in [0.15, 0.2) is 0 Å². The molecule has 1 fully saturated rings. The van der Waals surface area contributed by atoms with E-state index in [4.69, 9.17) is 5.73 Å². The van der Waals surface area contributed by atoms with Crippen molar-refractivity contribution >= 4 is 17.7 Å². The van der Waals surface area contributed by atoms with Crippen molar-refractivity contribution < 1.29 is 4.79 Å². The van der Waals surface area contributed by atoms with Gasteiger partial charge in [0, 0.05) is 11.8 Å².